The first-order chi connectivity index (χ1) is 62.3. The van der Waals surface area contributed by atoms with E-state index in [9.17, 15) is 0 Å². The zero-order chi connectivity index (χ0) is 81.3. The van der Waals surface area contributed by atoms with Gasteiger partial charge in [0.05, 0.1) is 203 Å². The minimum absolute atomic E-state index is 0.382. The van der Waals surface area contributed by atoms with Crippen molar-refractivity contribution < 1.29 is 0 Å². The Labute approximate surface area is 696 Å². The Hall–Kier alpha value is -18.3. The molecule has 22 aromatic heterocycles. The van der Waals surface area contributed by atoms with Crippen LogP contribution in [0, 0.1) is 0 Å². The summed E-state index contributed by atoms with van der Waals surface area (Å²) in [5, 5.41) is 11.5. The third kappa shape index (κ3) is 8.56. The molecule has 28 heteroatoms. The van der Waals surface area contributed by atoms with Crippen molar-refractivity contribution in [3.05, 3.63) is 232 Å². The third-order valence-corrected chi connectivity index (χ3v) is 25.2. The highest BCUT2D eigenvalue weighted by Gasteiger charge is 2.27. The molecule has 0 aliphatic heterocycles. The van der Waals surface area contributed by atoms with E-state index in [4.69, 9.17) is 140 Å². The van der Waals surface area contributed by atoms with E-state index in [1.165, 1.54) is 0 Å². The van der Waals surface area contributed by atoms with Crippen molar-refractivity contribution in [2.75, 3.05) is 0 Å². The molecule has 0 aliphatic rings. The monoisotopic (exact) mass is 1610 g/mol. The fourth-order valence-electron chi connectivity index (χ4n) is 19.4. The molecule has 28 nitrogen and oxygen atoms in total. The van der Waals surface area contributed by atoms with E-state index in [0.717, 1.165) is 43.1 Å². The van der Waals surface area contributed by atoms with E-state index >= 15 is 0 Å². The molecule has 570 valence electrons. The van der Waals surface area contributed by atoms with E-state index in [-0.39, 0.29) is 0 Å². The average Bonchev–Trinajstić information content (AvgIpc) is 0.712. The van der Waals surface area contributed by atoms with Crippen LogP contribution in [-0.4, -0.2) is 140 Å². The predicted molar refractivity (Wildman–Crippen MR) is 490 cm³/mol. The Bertz CT molecular complexity index is 10300. The van der Waals surface area contributed by atoms with Crippen LogP contribution in [0.3, 0.4) is 0 Å². The molecule has 32 bridgehead atoms. The maximum absolute atomic E-state index is 5.75. The molecular weight excluding hydrogens is 1570 g/mol. The molecule has 0 unspecified atom stereocenters. The quantitative estimate of drug-likeness (QED) is 0.100. The standard InChI is InChI=1S/C98H38N28/c1-3-41-11-19-49-69-89-95-71(87-93(69)121-61(33-105-87)59-31-103-57-29-55-83(101-27-25-99-55)67(85(57)119-59)47-17-9-39(1)75(111-47)77(41)113-49)51-21-13-43-5-7-45-15-23-53(117-81(45)79(43)115-51)73-92-98-74(91-97(73)125-65(37-109-91)63(123-95)35-107-89)54-24-16-46-8-6-44-14-22-52(116-80(44)82(46)118-54)72-88-94-70(90-96(72)124-64(36-108-90)66(126-98)38-110-92)50-20-12-42-4-2-40-10-18-48(112-76(40)78(42)114-50)68-84-56(100-26-28-102-84)30-58-86(68)120-60(32-104-58)62(122-94)34-106-88/h1-38H. The first-order valence-electron chi connectivity index (χ1n) is 40.5. The number of nitrogens with zero attached hydrogens (tertiary/aromatic N) is 28. The molecule has 0 radical (unpaired) electrons. The zero-order valence-electron chi connectivity index (χ0n) is 64.5. The summed E-state index contributed by atoms with van der Waals surface area (Å²) < 4.78 is 0. The lowest BCUT2D eigenvalue weighted by Crippen LogP contribution is -1.99. The Morgan fingerprint density at radius 3 is 0.476 bits per heavy atom. The summed E-state index contributed by atoms with van der Waals surface area (Å²) in [6.45, 7) is 0. The predicted octanol–water partition coefficient (Wildman–Crippen LogP) is 19.3. The van der Waals surface area contributed by atoms with Gasteiger partial charge in [0, 0.05) is 67.9 Å². The number of aromatic nitrogens is 28. The van der Waals surface area contributed by atoms with Crippen molar-refractivity contribution in [1.82, 2.24) is 140 Å². The second-order valence-electron chi connectivity index (χ2n) is 32.0. The Morgan fingerprint density at radius 2 is 0.262 bits per heavy atom. The molecule has 0 spiro atoms. The molecule has 0 fully saturated rings. The lowest BCUT2D eigenvalue weighted by molar-refractivity contribution is 1.29. The fourth-order valence-corrected chi connectivity index (χ4v) is 19.4. The van der Waals surface area contributed by atoms with Gasteiger partial charge in [-0.1, -0.05) is 97.1 Å². The van der Waals surface area contributed by atoms with Crippen LogP contribution in [0.2, 0.25) is 0 Å². The van der Waals surface area contributed by atoms with Crippen molar-refractivity contribution in [1.29, 1.82) is 0 Å². The molecular formula is C98H38N28. The minimum Gasteiger partial charge on any atom is -0.253 e. The van der Waals surface area contributed by atoms with Crippen LogP contribution in [0.25, 0.3) is 329 Å². The summed E-state index contributed by atoms with van der Waals surface area (Å²) >= 11 is 0. The van der Waals surface area contributed by atoms with Crippen LogP contribution in [0.1, 0.15) is 0 Å². The first-order valence-corrected chi connectivity index (χ1v) is 40.5. The molecule has 22 heterocycles. The van der Waals surface area contributed by atoms with Gasteiger partial charge in [0.15, 0.2) is 0 Å². The Kier molecular flexibility index (Phi) is 11.8. The average molecular weight is 1610 g/mol. The van der Waals surface area contributed by atoms with Gasteiger partial charge >= 0.3 is 0 Å². The number of hydrogen-bond donors (Lipinski definition) is 0. The van der Waals surface area contributed by atoms with E-state index in [2.05, 4.69) is 97.1 Å². The molecule has 9 aromatic carbocycles. The number of fused-ring (bicyclic) bond motifs is 38. The lowest BCUT2D eigenvalue weighted by atomic mass is 10.0. The van der Waals surface area contributed by atoms with Gasteiger partial charge in [-0.15, -0.1) is 0 Å². The fraction of sp³-hybridized carbons (Fsp3) is 0. The highest BCUT2D eigenvalue weighted by atomic mass is 15.0. The number of benzene rings is 9. The molecule has 0 atom stereocenters. The van der Waals surface area contributed by atoms with Crippen molar-refractivity contribution in [2.45, 2.75) is 0 Å². The smallest absolute Gasteiger partial charge is 0.109 e. The molecule has 0 aliphatic carbocycles. The van der Waals surface area contributed by atoms with Crippen molar-refractivity contribution in [2.24, 2.45) is 0 Å². The van der Waals surface area contributed by atoms with Crippen LogP contribution in [0.5, 0.6) is 0 Å². The highest BCUT2D eigenvalue weighted by Crippen LogP contribution is 2.45. The van der Waals surface area contributed by atoms with Gasteiger partial charge in [-0.2, -0.15) is 0 Å². The molecule has 0 saturated heterocycles. The van der Waals surface area contributed by atoms with E-state index in [0.29, 0.717) is 286 Å². The van der Waals surface area contributed by atoms with Gasteiger partial charge in [-0.25, -0.2) is 79.7 Å². The zero-order valence-corrected chi connectivity index (χ0v) is 64.5. The molecule has 0 saturated carbocycles. The van der Waals surface area contributed by atoms with Crippen molar-refractivity contribution >= 4 is 329 Å². The molecule has 0 N–H and O–H groups in total. The van der Waals surface area contributed by atoms with Crippen LogP contribution in [0.4, 0.5) is 0 Å². The van der Waals surface area contributed by atoms with Crippen molar-refractivity contribution in [3.63, 3.8) is 0 Å². The van der Waals surface area contributed by atoms with E-state index < -0.39 is 0 Å². The molecule has 126 heavy (non-hydrogen) atoms. The van der Waals surface area contributed by atoms with Gasteiger partial charge < -0.3 is 0 Å². The lowest BCUT2D eigenvalue weighted by Gasteiger charge is -2.13. The summed E-state index contributed by atoms with van der Waals surface area (Å²) in [6.07, 6.45) is 20.5. The maximum atomic E-state index is 5.75. The minimum atomic E-state index is 0.382. The van der Waals surface area contributed by atoms with E-state index in [1.54, 1.807) is 74.4 Å². The Morgan fingerprint density at radius 1 is 0.103 bits per heavy atom. The Balaban J connectivity index is 0.717. The van der Waals surface area contributed by atoms with Gasteiger partial charge in [0.1, 0.15) is 132 Å². The van der Waals surface area contributed by atoms with Crippen LogP contribution in [0.15, 0.2) is 232 Å². The number of rotatable bonds is 0. The van der Waals surface area contributed by atoms with Gasteiger partial charge in [0.25, 0.3) is 0 Å². The van der Waals surface area contributed by atoms with Crippen molar-refractivity contribution in [3.8, 4) is 0 Å². The number of hydrogen-bond acceptors (Lipinski definition) is 28. The SMILES string of the molecule is c1cnc2c(cc3ncc4nc3c2c2ccc3ccc5ccc(nc5c3n2)c2c3ncc5nc3c(c3ccc6ccc7ccc(nc7c6n3)c3c6ncc7nc6c(c6ccc8ccc9ccc(nc9c8n6)c6c8ncc9nc8c(c8ccc%10ccc%11ccc(nc%11c%10n8)c8c%10nccnc%10cc%10ncc9nc%108)c8ncc7nc86)c6ncc5nc63)c3ncc4nc32)n1. The van der Waals surface area contributed by atoms with Crippen LogP contribution in [-0.2, 0) is 0 Å². The maximum Gasteiger partial charge on any atom is 0.109 e. The molecule has 0 amide bonds. The van der Waals surface area contributed by atoms with Gasteiger partial charge in [-0.3, -0.25) is 59.8 Å². The second kappa shape index (κ2) is 23.0. The first kappa shape index (κ1) is 64.6. The summed E-state index contributed by atoms with van der Waals surface area (Å²) in [4.78, 5) is 152. The summed E-state index contributed by atoms with van der Waals surface area (Å²) in [5.74, 6) is 0. The third-order valence-electron chi connectivity index (χ3n) is 25.2. The van der Waals surface area contributed by atoms with E-state index in [1.807, 2.05) is 60.7 Å². The normalized spacial score (nSPS) is 12.8. The highest BCUT2D eigenvalue weighted by molar-refractivity contribution is 6.33. The summed E-state index contributed by atoms with van der Waals surface area (Å²) in [6, 6.07) is 52.6. The summed E-state index contributed by atoms with van der Waals surface area (Å²) in [7, 11) is 0. The van der Waals surface area contributed by atoms with Crippen LogP contribution < -0.4 is 0 Å². The number of pyridine rings is 8. The molecule has 31 rings (SSSR count). The molecule has 31 aromatic rings. The topological polar surface area (TPSA) is 361 Å². The summed E-state index contributed by atoms with van der Waals surface area (Å²) in [5.41, 5.74) is 23.2. The van der Waals surface area contributed by atoms with Gasteiger partial charge in [0.2, 0.25) is 0 Å². The largest absolute Gasteiger partial charge is 0.253 e. The van der Waals surface area contributed by atoms with Crippen LogP contribution >= 0.6 is 0 Å². The van der Waals surface area contributed by atoms with Gasteiger partial charge in [-0.05, 0) is 60.7 Å². The second-order valence-corrected chi connectivity index (χ2v) is 32.0.